The largest absolute Gasteiger partial charge is 0.490 e. The van der Waals surface area contributed by atoms with Crippen molar-refractivity contribution >= 4 is 33.2 Å². The molecule has 2 aromatic carbocycles. The number of aliphatic hydroxyl groups excluding tert-OH is 1. The monoisotopic (exact) mass is 636 g/mol. The molecule has 9 heteroatoms. The van der Waals surface area contributed by atoms with Crippen LogP contribution in [0.15, 0.2) is 48.6 Å². The number of anilines is 1. The molecule has 3 fully saturated rings. The molecular formula is C35H41ClN2O5S. The van der Waals surface area contributed by atoms with E-state index in [1.165, 1.54) is 11.1 Å². The molecule has 1 amide bonds. The maximum Gasteiger partial charge on any atom is 0.264 e. The molecule has 0 aromatic heterocycles. The minimum absolute atomic E-state index is 0.0187. The minimum atomic E-state index is -3.91. The molecule has 6 aliphatic rings. The maximum atomic E-state index is 13.7. The summed E-state index contributed by atoms with van der Waals surface area (Å²) in [5.74, 6) is 0.735. The van der Waals surface area contributed by atoms with Crippen molar-refractivity contribution in [1.82, 2.24) is 4.72 Å². The smallest absolute Gasteiger partial charge is 0.264 e. The molecule has 2 N–H and O–H groups in total. The molecule has 0 saturated heterocycles. The van der Waals surface area contributed by atoms with Crippen molar-refractivity contribution in [3.8, 4) is 5.75 Å². The number of sulfonamides is 1. The van der Waals surface area contributed by atoms with Crippen LogP contribution >= 0.6 is 11.6 Å². The second-order valence-corrected chi connectivity index (χ2v) is 16.9. The van der Waals surface area contributed by atoms with E-state index < -0.39 is 27.3 Å². The molecule has 7 nitrogen and oxygen atoms in total. The van der Waals surface area contributed by atoms with Crippen molar-refractivity contribution in [3.63, 3.8) is 0 Å². The third-order valence-electron chi connectivity index (χ3n) is 11.8. The van der Waals surface area contributed by atoms with Crippen LogP contribution < -0.4 is 14.4 Å². The zero-order chi connectivity index (χ0) is 30.4. The molecule has 2 heterocycles. The van der Waals surface area contributed by atoms with E-state index in [-0.39, 0.29) is 28.6 Å². The summed E-state index contributed by atoms with van der Waals surface area (Å²) >= 11 is 6.42. The summed E-state index contributed by atoms with van der Waals surface area (Å²) < 4.78 is 36.4. The molecule has 2 bridgehead atoms. The summed E-state index contributed by atoms with van der Waals surface area (Å²) in [5, 5.41) is 11.5. The molecule has 2 aromatic rings. The van der Waals surface area contributed by atoms with Gasteiger partial charge in [0.25, 0.3) is 5.91 Å². The van der Waals surface area contributed by atoms with Crippen molar-refractivity contribution < 1.29 is 23.1 Å². The van der Waals surface area contributed by atoms with Gasteiger partial charge in [-0.05, 0) is 122 Å². The van der Waals surface area contributed by atoms with Crippen molar-refractivity contribution in [1.29, 1.82) is 0 Å². The highest BCUT2D eigenvalue weighted by atomic mass is 35.5. The van der Waals surface area contributed by atoms with Crippen LogP contribution in [0, 0.1) is 29.1 Å². The molecule has 2 aliphatic heterocycles. The molecule has 2 unspecified atom stereocenters. The fourth-order valence-electron chi connectivity index (χ4n) is 9.34. The molecule has 0 radical (unpaired) electrons. The average Bonchev–Trinajstić information content (AvgIpc) is 3.89. The first-order chi connectivity index (χ1) is 21.1. The van der Waals surface area contributed by atoms with Crippen molar-refractivity contribution in [2.75, 3.05) is 24.6 Å². The Balaban J connectivity index is 1.22. The fourth-order valence-corrected chi connectivity index (χ4v) is 11.5. The maximum absolute atomic E-state index is 13.7. The standard InChI is InChI=1S/C35H41ClN2O5S/c1-21-4-2-6-30(39)28-16-25-17-35(25,28)19-38-18-34(13-3-5-23-14-26(36)10-11-27(23)34)20-43-31-12-9-24(15-29(31)38)33(40)37-44(41,42)32(21)22-7-8-22/h2,6,9-12,14-15,21-22,25,28,30,32,39H,3-5,7-8,13,16-20H2,1H3,(H,37,40)/b6-2+/t21-,25?,28+,30+,32+,34+,35?/m1/s1. The number of hydrogen-bond donors (Lipinski definition) is 2. The second-order valence-electron chi connectivity index (χ2n) is 14.6. The van der Waals surface area contributed by atoms with Crippen molar-refractivity contribution in [2.24, 2.45) is 29.1 Å². The SMILES string of the molecule is C[C@@H]1C/C=C/[C@H](O)[C@@H]2CC3CC32CN2C[C@@]3(CCCc4cc(Cl)ccc43)COc3ccc(cc32)C(=O)NS(=O)(=O)[C@@H]1C1CC1. The number of rotatable bonds is 1. The topological polar surface area (TPSA) is 95.9 Å². The quantitative estimate of drug-likeness (QED) is 0.394. The van der Waals surface area contributed by atoms with Crippen LogP contribution in [-0.2, 0) is 21.9 Å². The van der Waals surface area contributed by atoms with Gasteiger partial charge in [-0.15, -0.1) is 0 Å². The Morgan fingerprint density at radius 2 is 1.98 bits per heavy atom. The van der Waals surface area contributed by atoms with E-state index in [0.717, 1.165) is 62.2 Å². The van der Waals surface area contributed by atoms with Gasteiger partial charge < -0.3 is 14.7 Å². The minimum Gasteiger partial charge on any atom is -0.490 e. The van der Waals surface area contributed by atoms with Crippen LogP contribution in [0.5, 0.6) is 5.75 Å². The predicted octanol–water partition coefficient (Wildman–Crippen LogP) is 5.63. The Morgan fingerprint density at radius 3 is 2.75 bits per heavy atom. The van der Waals surface area contributed by atoms with Gasteiger partial charge in [0, 0.05) is 29.1 Å². The number of nitrogens with one attached hydrogen (secondary N) is 1. The number of halogens is 1. The number of allylic oxidation sites excluding steroid dienone is 1. The number of fused-ring (bicyclic) bond motifs is 3. The number of ether oxygens (including phenoxy) is 1. The lowest BCUT2D eigenvalue weighted by Crippen LogP contribution is -2.50. The average molecular weight is 637 g/mol. The van der Waals surface area contributed by atoms with Gasteiger partial charge in [0.1, 0.15) is 5.75 Å². The van der Waals surface area contributed by atoms with Gasteiger partial charge in [-0.25, -0.2) is 13.1 Å². The van der Waals surface area contributed by atoms with E-state index in [0.29, 0.717) is 36.8 Å². The van der Waals surface area contributed by atoms with Crippen molar-refractivity contribution in [3.05, 3.63) is 70.3 Å². The zero-order valence-corrected chi connectivity index (χ0v) is 26.7. The van der Waals surface area contributed by atoms with Gasteiger partial charge in [0.05, 0.1) is 23.6 Å². The normalized spacial score (nSPS) is 38.1. The number of carbonyl (C=O) groups is 1. The molecular weight excluding hydrogens is 596 g/mol. The zero-order valence-electron chi connectivity index (χ0n) is 25.2. The van der Waals surface area contributed by atoms with E-state index >= 15 is 0 Å². The molecule has 7 atom stereocenters. The molecule has 234 valence electrons. The van der Waals surface area contributed by atoms with Gasteiger partial charge in [-0.2, -0.15) is 0 Å². The number of amides is 1. The van der Waals surface area contributed by atoms with Crippen LogP contribution in [0.3, 0.4) is 0 Å². The van der Waals surface area contributed by atoms with Gasteiger partial charge >= 0.3 is 0 Å². The Kier molecular flexibility index (Phi) is 6.72. The number of nitrogens with zero attached hydrogens (tertiary/aromatic N) is 1. The summed E-state index contributed by atoms with van der Waals surface area (Å²) in [4.78, 5) is 16.0. The molecule has 8 rings (SSSR count). The number of hydrogen-bond acceptors (Lipinski definition) is 6. The number of benzene rings is 2. The van der Waals surface area contributed by atoms with Gasteiger partial charge in [-0.1, -0.05) is 36.7 Å². The molecule has 2 spiro atoms. The summed E-state index contributed by atoms with van der Waals surface area (Å²) in [6.45, 7) is 3.93. The first kappa shape index (κ1) is 28.9. The Hall–Kier alpha value is -2.55. The van der Waals surface area contributed by atoms with Gasteiger partial charge in [0.15, 0.2) is 0 Å². The molecule has 44 heavy (non-hydrogen) atoms. The van der Waals surface area contributed by atoms with E-state index in [1.54, 1.807) is 6.07 Å². The first-order valence-electron chi connectivity index (χ1n) is 16.3. The van der Waals surface area contributed by atoms with E-state index in [9.17, 15) is 18.3 Å². The predicted molar refractivity (Wildman–Crippen MR) is 171 cm³/mol. The Morgan fingerprint density at radius 1 is 1.14 bits per heavy atom. The Bertz CT molecular complexity index is 1660. The van der Waals surface area contributed by atoms with Crippen LogP contribution in [-0.4, -0.2) is 50.5 Å². The Labute approximate surface area is 265 Å². The van der Waals surface area contributed by atoms with Crippen molar-refractivity contribution in [2.45, 2.75) is 75.1 Å². The summed E-state index contributed by atoms with van der Waals surface area (Å²) in [6, 6.07) is 11.6. The molecule has 4 aliphatic carbocycles. The van der Waals surface area contributed by atoms with Gasteiger partial charge in [0.2, 0.25) is 10.0 Å². The van der Waals surface area contributed by atoms with Crippen LogP contribution in [0.2, 0.25) is 5.02 Å². The first-order valence-corrected chi connectivity index (χ1v) is 18.2. The summed E-state index contributed by atoms with van der Waals surface area (Å²) in [6.07, 6.45) is 10.6. The number of carbonyl (C=O) groups excluding carboxylic acids is 1. The van der Waals surface area contributed by atoms with E-state index in [2.05, 4.69) is 21.8 Å². The van der Waals surface area contributed by atoms with E-state index in [1.807, 2.05) is 37.3 Å². The lowest BCUT2D eigenvalue weighted by molar-refractivity contribution is 0.0352. The highest BCUT2D eigenvalue weighted by Crippen LogP contribution is 2.72. The highest BCUT2D eigenvalue weighted by molar-refractivity contribution is 7.90. The summed E-state index contributed by atoms with van der Waals surface area (Å²) in [5.41, 5.74) is 3.44. The second kappa shape index (κ2) is 10.2. The van der Waals surface area contributed by atoms with Gasteiger partial charge in [-0.3, -0.25) is 4.79 Å². The number of aliphatic hydroxyl groups is 1. The van der Waals surface area contributed by atoms with Crippen LogP contribution in [0.4, 0.5) is 5.69 Å². The highest BCUT2D eigenvalue weighted by Gasteiger charge is 2.69. The lowest BCUT2D eigenvalue weighted by Gasteiger charge is -2.45. The molecule has 3 saturated carbocycles. The lowest BCUT2D eigenvalue weighted by atomic mass is 9.68. The fraction of sp³-hybridized carbons (Fsp3) is 0.571. The summed E-state index contributed by atoms with van der Waals surface area (Å²) in [7, 11) is -3.91. The third-order valence-corrected chi connectivity index (χ3v) is 14.1. The number of aryl methyl sites for hydroxylation is 1. The van der Waals surface area contributed by atoms with Crippen LogP contribution in [0.1, 0.15) is 73.4 Å². The third kappa shape index (κ3) is 4.70. The van der Waals surface area contributed by atoms with Crippen LogP contribution in [0.25, 0.3) is 0 Å². The van der Waals surface area contributed by atoms with E-state index in [4.69, 9.17) is 16.3 Å².